The lowest BCUT2D eigenvalue weighted by Crippen LogP contribution is -2.29. The Morgan fingerprint density at radius 2 is 0.661 bits per heavy atom. The first-order valence-corrected chi connectivity index (χ1v) is 36.7. The molecule has 0 atom stereocenters. The highest BCUT2D eigenvalue weighted by atomic mass is 79.9. The molecule has 109 heavy (non-hydrogen) atoms. The molecule has 0 radical (unpaired) electrons. The second kappa shape index (κ2) is 35.0. The minimum atomic E-state index is -1.46. The van der Waals surface area contributed by atoms with Crippen molar-refractivity contribution in [3.8, 4) is 101 Å². The standard InChI is InChI=1S/C40H26N2O.C21H14BrN3.C18H13BO3.C7H5BrO.C7H7ClN2/c1-3-10-28(11-4-1)36-26-37(42-40(41-36)30-12-5-2-6-13-30)29-20-18-27(19-21-29)31-14-9-15-32(24-31)33-22-23-39-35(25-33)34-16-7-8-17-38(34)43-39;22-18-13-11-17(12-14-18)21-24-19(15-7-3-1-4-8-15)23-20(25-21)16-9-5-2-6-10-16;20-19(21)14-5-3-4-12(10-14)13-8-9-18-16(11-13)15-6-1-2-7-17(15)22-18;8-7-3-1-6(5-9)2-4-7;8-10-7(9)6-4-2-1-3-5-6/h1-26H;1-14H;1-11,20-21H;1-5H;1-5H,(H2,9,10). The third-order valence-electron chi connectivity index (χ3n) is 17.8. The number of para-hydroxylation sites is 2. The van der Waals surface area contributed by atoms with E-state index >= 15 is 0 Å². The minimum absolute atomic E-state index is 0.349. The number of furan rings is 2. The van der Waals surface area contributed by atoms with Crippen molar-refractivity contribution < 1.29 is 23.7 Å². The van der Waals surface area contributed by atoms with Crippen LogP contribution in [-0.2, 0) is 0 Å². The van der Waals surface area contributed by atoms with Crippen molar-refractivity contribution in [3.05, 3.63) is 384 Å². The Bertz CT molecular complexity index is 6030. The second-order valence-corrected chi connectivity index (χ2v) is 27.0. The molecule has 4 N–H and O–H groups in total. The average molecular weight is 1570 g/mol. The summed E-state index contributed by atoms with van der Waals surface area (Å²) < 4.78 is 17.2. The molecule has 16 heteroatoms. The third-order valence-corrected chi connectivity index (χ3v) is 19.0. The zero-order valence-electron chi connectivity index (χ0n) is 58.3. The topological polar surface area (TPSA) is 187 Å². The lowest BCUT2D eigenvalue weighted by Gasteiger charge is -2.10. The van der Waals surface area contributed by atoms with Gasteiger partial charge in [0.25, 0.3) is 0 Å². The predicted molar refractivity (Wildman–Crippen MR) is 452 cm³/mol. The summed E-state index contributed by atoms with van der Waals surface area (Å²) in [6.07, 6.45) is 0.826. The number of rotatable bonds is 12. The number of nitrogens with zero attached hydrogens (tertiary/aromatic N) is 6. The van der Waals surface area contributed by atoms with E-state index < -0.39 is 7.12 Å². The molecule has 0 aliphatic carbocycles. The zero-order valence-corrected chi connectivity index (χ0v) is 62.2. The molecule has 0 saturated carbocycles. The van der Waals surface area contributed by atoms with Gasteiger partial charge in [-0.1, -0.05) is 323 Å². The number of amidine groups is 1. The maximum absolute atomic E-state index is 10.1. The van der Waals surface area contributed by atoms with Gasteiger partial charge in [0.1, 0.15) is 34.5 Å². The monoisotopic (exact) mass is 1560 g/mol. The summed E-state index contributed by atoms with van der Waals surface area (Å²) in [6, 6.07) is 120. The van der Waals surface area contributed by atoms with E-state index in [2.05, 4.69) is 157 Å². The van der Waals surface area contributed by atoms with E-state index in [1.54, 1.807) is 24.3 Å². The molecule has 526 valence electrons. The predicted octanol–water partition coefficient (Wildman–Crippen LogP) is 23.1. The van der Waals surface area contributed by atoms with Gasteiger partial charge in [-0.3, -0.25) is 4.79 Å². The van der Waals surface area contributed by atoms with E-state index in [0.29, 0.717) is 34.3 Å². The van der Waals surface area contributed by atoms with Crippen LogP contribution < -0.4 is 11.2 Å². The van der Waals surface area contributed by atoms with Crippen molar-refractivity contribution in [2.75, 3.05) is 0 Å². The molecule has 4 heterocycles. The van der Waals surface area contributed by atoms with E-state index in [1.165, 1.54) is 16.7 Å². The lowest BCUT2D eigenvalue weighted by molar-refractivity contribution is 0.112. The van der Waals surface area contributed by atoms with Crippen molar-refractivity contribution in [1.29, 1.82) is 0 Å². The van der Waals surface area contributed by atoms with Crippen molar-refractivity contribution in [1.82, 2.24) is 24.9 Å². The first kappa shape index (κ1) is 73.1. The summed E-state index contributed by atoms with van der Waals surface area (Å²) in [7, 11) is -1.46. The number of aldehydes is 1. The summed E-state index contributed by atoms with van der Waals surface area (Å²) in [5.41, 5.74) is 25.4. The van der Waals surface area contributed by atoms with Crippen molar-refractivity contribution in [2.24, 2.45) is 10.2 Å². The fraction of sp³-hybridized carbons (Fsp3) is 0. The lowest BCUT2D eigenvalue weighted by atomic mass is 9.79. The van der Waals surface area contributed by atoms with Gasteiger partial charge >= 0.3 is 7.12 Å². The number of carbonyl (C=O) groups excluding carboxylic acids is 1. The van der Waals surface area contributed by atoms with Gasteiger partial charge in [-0.25, -0.2) is 24.9 Å². The largest absolute Gasteiger partial charge is 0.488 e. The van der Waals surface area contributed by atoms with Gasteiger partial charge in [-0.15, -0.1) is 0 Å². The van der Waals surface area contributed by atoms with Gasteiger partial charge in [0, 0.05) is 86.8 Å². The molecule has 0 aliphatic heterocycles. The Labute approximate surface area is 651 Å². The Morgan fingerprint density at radius 1 is 0.330 bits per heavy atom. The number of halogens is 3. The van der Waals surface area contributed by atoms with Crippen LogP contribution in [0.15, 0.2) is 386 Å². The Hall–Kier alpha value is -12.9. The van der Waals surface area contributed by atoms with Gasteiger partial charge < -0.3 is 24.6 Å². The third kappa shape index (κ3) is 18.2. The molecular formula is C93H65BBr2ClN7O5. The van der Waals surface area contributed by atoms with Crippen molar-refractivity contribution in [2.45, 2.75) is 0 Å². The number of hydrogen-bond donors (Lipinski definition) is 3. The molecule has 0 saturated heterocycles. The number of benzene rings is 14. The zero-order chi connectivity index (χ0) is 74.8. The Kier molecular flexibility index (Phi) is 23.5. The van der Waals surface area contributed by atoms with Gasteiger partial charge in [0.05, 0.1) is 11.4 Å². The first-order chi connectivity index (χ1) is 53.5. The molecule has 0 spiro atoms. The summed E-state index contributed by atoms with van der Waals surface area (Å²) >= 11 is 11.9. The normalized spacial score (nSPS) is 10.9. The molecule has 0 bridgehead atoms. The molecule has 4 aromatic heterocycles. The fourth-order valence-electron chi connectivity index (χ4n) is 12.2. The van der Waals surface area contributed by atoms with Crippen LogP contribution in [0, 0.1) is 0 Å². The molecule has 18 aromatic rings. The van der Waals surface area contributed by atoms with E-state index in [9.17, 15) is 14.8 Å². The summed E-state index contributed by atoms with van der Waals surface area (Å²) in [5, 5.41) is 23.0. The summed E-state index contributed by atoms with van der Waals surface area (Å²) in [5.74, 6) is 3.08. The van der Waals surface area contributed by atoms with Crippen LogP contribution in [-0.4, -0.2) is 54.2 Å². The summed E-state index contributed by atoms with van der Waals surface area (Å²) in [6.45, 7) is 0. The highest BCUT2D eigenvalue weighted by Crippen LogP contribution is 2.37. The maximum atomic E-state index is 10.1. The molecule has 0 amide bonds. The number of carbonyl (C=O) groups is 1. The van der Waals surface area contributed by atoms with Crippen LogP contribution in [0.4, 0.5) is 0 Å². The van der Waals surface area contributed by atoms with E-state index in [0.717, 1.165) is 132 Å². The SMILES string of the molecule is Brc1ccc(-c2nc(-c3ccccc3)nc(-c3ccccc3)n2)cc1.NC(=NCl)c1ccccc1.O=Cc1ccc(Br)cc1.OB(O)c1cccc(-c2ccc3oc4ccccc4c3c2)c1.c1ccc(-c2cc(-c3ccc(-c4cccc(-c5ccc6oc7ccccc7c6c5)c4)cc3)nc(-c3ccccc3)n2)cc1. The number of aromatic nitrogens is 5. The van der Waals surface area contributed by atoms with Crippen LogP contribution in [0.25, 0.3) is 145 Å². The van der Waals surface area contributed by atoms with Crippen LogP contribution >= 0.6 is 43.6 Å². The van der Waals surface area contributed by atoms with Gasteiger partial charge in [0.2, 0.25) is 0 Å². The number of fused-ring (bicyclic) bond motifs is 6. The summed E-state index contributed by atoms with van der Waals surface area (Å²) in [4.78, 5) is 34.1. The van der Waals surface area contributed by atoms with Crippen molar-refractivity contribution >= 4 is 112 Å². The molecule has 0 aliphatic rings. The average Bonchev–Trinajstić information content (AvgIpc) is 1.69. The fourth-order valence-corrected chi connectivity index (χ4v) is 12.8. The molecule has 18 rings (SSSR count). The van der Waals surface area contributed by atoms with Crippen LogP contribution in [0.2, 0.25) is 0 Å². The van der Waals surface area contributed by atoms with Crippen molar-refractivity contribution in [3.63, 3.8) is 0 Å². The number of hydrogen-bond acceptors (Lipinski definition) is 11. The molecular weight excluding hydrogens is 1500 g/mol. The second-order valence-electron chi connectivity index (χ2n) is 25.0. The molecule has 12 nitrogen and oxygen atoms in total. The van der Waals surface area contributed by atoms with Gasteiger partial charge in [-0.2, -0.15) is 4.51 Å². The Balaban J connectivity index is 0.000000128. The smallest absolute Gasteiger partial charge is 0.456 e. The highest BCUT2D eigenvalue weighted by molar-refractivity contribution is 9.10. The Morgan fingerprint density at radius 3 is 1.12 bits per heavy atom. The molecule has 14 aromatic carbocycles. The van der Waals surface area contributed by atoms with Gasteiger partial charge in [-0.05, 0) is 112 Å². The van der Waals surface area contributed by atoms with Gasteiger partial charge in [0.15, 0.2) is 23.3 Å². The first-order valence-electron chi connectivity index (χ1n) is 34.8. The van der Waals surface area contributed by atoms with E-state index in [1.807, 2.05) is 224 Å². The van der Waals surface area contributed by atoms with Crippen LogP contribution in [0.5, 0.6) is 0 Å². The van der Waals surface area contributed by atoms with E-state index in [4.69, 9.17) is 46.3 Å². The van der Waals surface area contributed by atoms with Crippen LogP contribution in [0.3, 0.4) is 0 Å². The molecule has 0 unspecified atom stereocenters. The maximum Gasteiger partial charge on any atom is 0.488 e. The quantitative estimate of drug-likeness (QED) is 0.0457. The van der Waals surface area contributed by atoms with E-state index in [-0.39, 0.29) is 0 Å². The van der Waals surface area contributed by atoms with Crippen LogP contribution in [0.1, 0.15) is 15.9 Å². The number of nitrogens with two attached hydrogens (primary N) is 1. The minimum Gasteiger partial charge on any atom is -0.456 e. The highest BCUT2D eigenvalue weighted by Gasteiger charge is 2.17. The molecule has 0 fully saturated rings.